The van der Waals surface area contributed by atoms with Crippen LogP contribution in [0.3, 0.4) is 0 Å². The van der Waals surface area contributed by atoms with E-state index in [1.165, 1.54) is 12.1 Å². The van der Waals surface area contributed by atoms with Crippen LogP contribution in [0.15, 0.2) is 48.5 Å². The van der Waals surface area contributed by atoms with Crippen LogP contribution in [0.1, 0.15) is 11.3 Å². The molecule has 0 fully saturated rings. The summed E-state index contributed by atoms with van der Waals surface area (Å²) in [5.41, 5.74) is 9.62. The van der Waals surface area contributed by atoms with Crippen molar-refractivity contribution < 1.29 is 9.13 Å². The zero-order valence-corrected chi connectivity index (χ0v) is 13.9. The third-order valence-corrected chi connectivity index (χ3v) is 4.01. The lowest BCUT2D eigenvalue weighted by molar-refractivity contribution is 0.415. The maximum Gasteiger partial charge on any atom is 0.142 e. The summed E-state index contributed by atoms with van der Waals surface area (Å²) in [7, 11) is 1.59. The summed E-state index contributed by atoms with van der Waals surface area (Å²) >= 11 is 0. The summed E-state index contributed by atoms with van der Waals surface area (Å²) in [6.45, 7) is 1.82. The molecule has 0 saturated heterocycles. The lowest BCUT2D eigenvalue weighted by Crippen LogP contribution is -2.03. The SMILES string of the molecule is COc1ccc(-c2c(C)nc(N)c(C#N)c2-c2cccc(F)c2)cc1. The average molecular weight is 333 g/mol. The Kier molecular flexibility index (Phi) is 4.36. The number of rotatable bonds is 3. The number of nitrogen functional groups attached to an aromatic ring is 1. The Morgan fingerprint density at radius 1 is 1.08 bits per heavy atom. The topological polar surface area (TPSA) is 71.9 Å². The average Bonchev–Trinajstić information content (AvgIpc) is 2.61. The summed E-state index contributed by atoms with van der Waals surface area (Å²) < 4.78 is 19.0. The summed E-state index contributed by atoms with van der Waals surface area (Å²) in [6, 6.07) is 15.6. The number of benzene rings is 2. The number of methoxy groups -OCH3 is 1. The zero-order valence-electron chi connectivity index (χ0n) is 13.9. The quantitative estimate of drug-likeness (QED) is 0.774. The van der Waals surface area contributed by atoms with Crippen LogP contribution < -0.4 is 10.5 Å². The van der Waals surface area contributed by atoms with Gasteiger partial charge in [0.05, 0.1) is 7.11 Å². The fourth-order valence-electron chi connectivity index (χ4n) is 2.88. The molecule has 4 nitrogen and oxygen atoms in total. The Morgan fingerprint density at radius 2 is 1.80 bits per heavy atom. The molecule has 0 aliphatic rings. The van der Waals surface area contributed by atoms with E-state index in [2.05, 4.69) is 11.1 Å². The van der Waals surface area contributed by atoms with E-state index < -0.39 is 0 Å². The van der Waals surface area contributed by atoms with Crippen molar-refractivity contribution in [2.45, 2.75) is 6.92 Å². The molecule has 0 atom stereocenters. The van der Waals surface area contributed by atoms with Crippen LogP contribution in [0.2, 0.25) is 0 Å². The molecular formula is C20H16FN3O. The Bertz CT molecular complexity index is 975. The summed E-state index contributed by atoms with van der Waals surface area (Å²) in [5, 5.41) is 9.59. The van der Waals surface area contributed by atoms with Crippen LogP contribution in [0, 0.1) is 24.1 Å². The molecule has 0 saturated carbocycles. The molecule has 25 heavy (non-hydrogen) atoms. The van der Waals surface area contributed by atoms with Crippen molar-refractivity contribution in [3.8, 4) is 34.1 Å². The maximum atomic E-state index is 13.8. The van der Waals surface area contributed by atoms with Crippen LogP contribution in [0.4, 0.5) is 10.2 Å². The Morgan fingerprint density at radius 3 is 2.40 bits per heavy atom. The molecule has 0 amide bonds. The molecule has 0 spiro atoms. The van der Waals surface area contributed by atoms with E-state index in [0.29, 0.717) is 16.8 Å². The zero-order chi connectivity index (χ0) is 18.0. The van der Waals surface area contributed by atoms with Crippen molar-refractivity contribution >= 4 is 5.82 Å². The third-order valence-electron chi connectivity index (χ3n) is 4.01. The first-order valence-corrected chi connectivity index (χ1v) is 7.65. The van der Waals surface area contributed by atoms with Crippen molar-refractivity contribution in [1.82, 2.24) is 4.98 Å². The van der Waals surface area contributed by atoms with Crippen LogP contribution in [0.25, 0.3) is 22.3 Å². The molecule has 5 heteroatoms. The highest BCUT2D eigenvalue weighted by atomic mass is 19.1. The van der Waals surface area contributed by atoms with Gasteiger partial charge in [-0.1, -0.05) is 24.3 Å². The molecule has 0 bridgehead atoms. The summed E-state index contributed by atoms with van der Waals surface area (Å²) in [5.74, 6) is 0.476. The maximum absolute atomic E-state index is 13.8. The molecule has 2 N–H and O–H groups in total. The van der Waals surface area contributed by atoms with Gasteiger partial charge in [-0.2, -0.15) is 5.26 Å². The van der Waals surface area contributed by atoms with Gasteiger partial charge in [0.1, 0.15) is 29.0 Å². The van der Waals surface area contributed by atoms with Crippen LogP contribution in [-0.2, 0) is 0 Å². The van der Waals surface area contributed by atoms with Crippen molar-refractivity contribution in [1.29, 1.82) is 5.26 Å². The van der Waals surface area contributed by atoms with Crippen molar-refractivity contribution in [2.24, 2.45) is 0 Å². The molecule has 1 heterocycles. The lowest BCUT2D eigenvalue weighted by atomic mass is 9.90. The van der Waals surface area contributed by atoms with Gasteiger partial charge in [-0.25, -0.2) is 9.37 Å². The van der Waals surface area contributed by atoms with Gasteiger partial charge < -0.3 is 10.5 Å². The van der Waals surface area contributed by atoms with Crippen molar-refractivity contribution in [3.05, 3.63) is 65.6 Å². The van der Waals surface area contributed by atoms with Crippen LogP contribution in [0.5, 0.6) is 5.75 Å². The second kappa shape index (κ2) is 6.62. The number of nitrogens with zero attached hydrogens (tertiary/aromatic N) is 2. The number of anilines is 1. The standard InChI is InChI=1S/C20H16FN3O/c1-12-18(13-6-8-16(25-2)9-7-13)19(17(11-22)20(23)24-12)14-4-3-5-15(21)10-14/h3-10H,1-2H3,(H2,23,24). The number of halogens is 1. The van der Waals surface area contributed by atoms with E-state index in [0.717, 1.165) is 16.9 Å². The monoisotopic (exact) mass is 333 g/mol. The second-order valence-electron chi connectivity index (χ2n) is 5.56. The summed E-state index contributed by atoms with van der Waals surface area (Å²) in [6.07, 6.45) is 0. The van der Waals surface area contributed by atoms with Crippen molar-refractivity contribution in [2.75, 3.05) is 12.8 Å². The minimum atomic E-state index is -0.380. The number of hydrogen-bond acceptors (Lipinski definition) is 4. The molecule has 0 unspecified atom stereocenters. The minimum Gasteiger partial charge on any atom is -0.497 e. The van der Waals surface area contributed by atoms with Gasteiger partial charge >= 0.3 is 0 Å². The van der Waals surface area contributed by atoms with Crippen LogP contribution in [-0.4, -0.2) is 12.1 Å². The van der Waals surface area contributed by atoms with E-state index in [9.17, 15) is 9.65 Å². The number of nitrogens with two attached hydrogens (primary N) is 1. The normalized spacial score (nSPS) is 10.3. The first-order valence-electron chi connectivity index (χ1n) is 7.65. The number of pyridine rings is 1. The first kappa shape index (κ1) is 16.5. The number of ether oxygens (including phenoxy) is 1. The number of aromatic nitrogens is 1. The molecule has 124 valence electrons. The molecule has 3 aromatic rings. The van der Waals surface area contributed by atoms with E-state index >= 15 is 0 Å². The highest BCUT2D eigenvalue weighted by Gasteiger charge is 2.19. The largest absolute Gasteiger partial charge is 0.497 e. The Labute approximate surface area is 145 Å². The predicted molar refractivity (Wildman–Crippen MR) is 95.5 cm³/mol. The van der Waals surface area contributed by atoms with Gasteiger partial charge in [0.25, 0.3) is 0 Å². The lowest BCUT2D eigenvalue weighted by Gasteiger charge is -2.16. The fraction of sp³-hybridized carbons (Fsp3) is 0.100. The van der Waals surface area contributed by atoms with Gasteiger partial charge in [0.2, 0.25) is 0 Å². The smallest absolute Gasteiger partial charge is 0.142 e. The Hall–Kier alpha value is -3.39. The number of nitriles is 1. The summed E-state index contributed by atoms with van der Waals surface area (Å²) in [4.78, 5) is 4.30. The number of hydrogen-bond donors (Lipinski definition) is 1. The van der Waals surface area contributed by atoms with Crippen LogP contribution >= 0.6 is 0 Å². The highest BCUT2D eigenvalue weighted by Crippen LogP contribution is 2.39. The molecule has 3 rings (SSSR count). The molecule has 0 aliphatic heterocycles. The second-order valence-corrected chi connectivity index (χ2v) is 5.56. The highest BCUT2D eigenvalue weighted by molar-refractivity contribution is 5.91. The third kappa shape index (κ3) is 3.02. The number of aryl methyl sites for hydroxylation is 1. The van der Waals surface area contributed by atoms with Crippen molar-refractivity contribution in [3.63, 3.8) is 0 Å². The van der Waals surface area contributed by atoms with Gasteiger partial charge in [-0.05, 0) is 42.3 Å². The van der Waals surface area contributed by atoms with E-state index in [-0.39, 0.29) is 17.2 Å². The van der Waals surface area contributed by atoms with E-state index in [1.807, 2.05) is 31.2 Å². The van der Waals surface area contributed by atoms with Gasteiger partial charge in [0, 0.05) is 16.8 Å². The van der Waals surface area contributed by atoms with Gasteiger partial charge in [-0.15, -0.1) is 0 Å². The molecule has 0 aliphatic carbocycles. The molecule has 1 aromatic heterocycles. The minimum absolute atomic E-state index is 0.136. The Balaban J connectivity index is 2.36. The van der Waals surface area contributed by atoms with Gasteiger partial charge in [0.15, 0.2) is 0 Å². The molecule has 0 radical (unpaired) electrons. The fourth-order valence-corrected chi connectivity index (χ4v) is 2.88. The van der Waals surface area contributed by atoms with E-state index in [1.54, 1.807) is 19.2 Å². The molecular weight excluding hydrogens is 317 g/mol. The van der Waals surface area contributed by atoms with Gasteiger partial charge in [-0.3, -0.25) is 0 Å². The predicted octanol–water partition coefficient (Wildman–Crippen LogP) is 4.33. The van der Waals surface area contributed by atoms with E-state index in [4.69, 9.17) is 10.5 Å². The molecule has 2 aromatic carbocycles. The first-order chi connectivity index (χ1) is 12.0.